The van der Waals surface area contributed by atoms with Gasteiger partial charge in [-0.05, 0) is 25.7 Å². The Morgan fingerprint density at radius 1 is 1.64 bits per heavy atom. The maximum atomic E-state index is 12.0. The molecule has 3 heteroatoms. The molecule has 2 N–H and O–H groups in total. The van der Waals surface area contributed by atoms with E-state index in [4.69, 9.17) is 5.73 Å². The zero-order chi connectivity index (χ0) is 10.8. The molecule has 0 bridgehead atoms. The Kier molecular flexibility index (Phi) is 3.53. The molecular weight excluding hydrogens is 176 g/mol. The molecule has 0 radical (unpaired) electrons. The molecule has 1 rings (SSSR count). The SMILES string of the molecule is CCCC(C)(N)C(=O)N1CCC(C)C1. The maximum absolute atomic E-state index is 12.0. The Morgan fingerprint density at radius 2 is 2.29 bits per heavy atom. The van der Waals surface area contributed by atoms with Crippen LogP contribution < -0.4 is 5.73 Å². The van der Waals surface area contributed by atoms with Crippen molar-refractivity contribution in [3.63, 3.8) is 0 Å². The topological polar surface area (TPSA) is 46.3 Å². The van der Waals surface area contributed by atoms with Crippen molar-refractivity contribution in [1.82, 2.24) is 4.90 Å². The summed E-state index contributed by atoms with van der Waals surface area (Å²) >= 11 is 0. The number of hydrogen-bond donors (Lipinski definition) is 1. The third-order valence-electron chi connectivity index (χ3n) is 2.97. The Hall–Kier alpha value is -0.570. The highest BCUT2D eigenvalue weighted by atomic mass is 16.2. The number of rotatable bonds is 3. The predicted octanol–water partition coefficient (Wildman–Crippen LogP) is 1.37. The highest BCUT2D eigenvalue weighted by molar-refractivity contribution is 5.85. The van der Waals surface area contributed by atoms with Crippen LogP contribution in [0.3, 0.4) is 0 Å². The number of amides is 1. The largest absolute Gasteiger partial charge is 0.341 e. The summed E-state index contributed by atoms with van der Waals surface area (Å²) in [5.41, 5.74) is 5.35. The molecule has 0 saturated carbocycles. The fourth-order valence-electron chi connectivity index (χ4n) is 2.11. The van der Waals surface area contributed by atoms with Gasteiger partial charge in [-0.2, -0.15) is 0 Å². The van der Waals surface area contributed by atoms with E-state index in [-0.39, 0.29) is 5.91 Å². The van der Waals surface area contributed by atoms with Crippen LogP contribution in [0.5, 0.6) is 0 Å². The summed E-state index contributed by atoms with van der Waals surface area (Å²) in [4.78, 5) is 13.9. The van der Waals surface area contributed by atoms with Crippen LogP contribution in [-0.4, -0.2) is 29.4 Å². The van der Waals surface area contributed by atoms with Gasteiger partial charge in [-0.1, -0.05) is 20.3 Å². The van der Waals surface area contributed by atoms with Crippen LogP contribution in [0.25, 0.3) is 0 Å². The monoisotopic (exact) mass is 198 g/mol. The first-order valence-corrected chi connectivity index (χ1v) is 5.55. The van der Waals surface area contributed by atoms with Crippen molar-refractivity contribution in [2.75, 3.05) is 13.1 Å². The van der Waals surface area contributed by atoms with Gasteiger partial charge in [-0.15, -0.1) is 0 Å². The first-order valence-electron chi connectivity index (χ1n) is 5.55. The third-order valence-corrected chi connectivity index (χ3v) is 2.97. The minimum absolute atomic E-state index is 0.128. The van der Waals surface area contributed by atoms with Gasteiger partial charge in [0.15, 0.2) is 0 Å². The molecule has 2 atom stereocenters. The normalized spacial score (nSPS) is 26.3. The molecule has 82 valence electrons. The van der Waals surface area contributed by atoms with Gasteiger partial charge in [0.25, 0.3) is 0 Å². The lowest BCUT2D eigenvalue weighted by Crippen LogP contribution is -2.52. The Morgan fingerprint density at radius 3 is 2.71 bits per heavy atom. The minimum Gasteiger partial charge on any atom is -0.341 e. The molecular formula is C11H22N2O. The van der Waals surface area contributed by atoms with E-state index in [1.807, 2.05) is 11.8 Å². The zero-order valence-corrected chi connectivity index (χ0v) is 9.55. The molecule has 2 unspecified atom stereocenters. The van der Waals surface area contributed by atoms with E-state index in [1.165, 1.54) is 0 Å². The molecule has 0 aromatic rings. The van der Waals surface area contributed by atoms with Crippen LogP contribution in [0.4, 0.5) is 0 Å². The van der Waals surface area contributed by atoms with Gasteiger partial charge in [-0.25, -0.2) is 0 Å². The van der Waals surface area contributed by atoms with Crippen LogP contribution >= 0.6 is 0 Å². The van der Waals surface area contributed by atoms with Crippen LogP contribution in [0.15, 0.2) is 0 Å². The quantitative estimate of drug-likeness (QED) is 0.744. The standard InChI is InChI=1S/C11H22N2O/c1-4-6-11(3,12)10(14)13-7-5-9(2)8-13/h9H,4-8,12H2,1-3H3. The summed E-state index contributed by atoms with van der Waals surface area (Å²) in [6.45, 7) is 7.86. The molecule has 1 aliphatic heterocycles. The van der Waals surface area contributed by atoms with Gasteiger partial charge in [0, 0.05) is 13.1 Å². The fourth-order valence-corrected chi connectivity index (χ4v) is 2.11. The third kappa shape index (κ3) is 2.47. The lowest BCUT2D eigenvalue weighted by Gasteiger charge is -2.28. The summed E-state index contributed by atoms with van der Waals surface area (Å²) in [6, 6.07) is 0. The molecule has 0 aliphatic carbocycles. The maximum Gasteiger partial charge on any atom is 0.242 e. The van der Waals surface area contributed by atoms with E-state index >= 15 is 0 Å². The summed E-state index contributed by atoms with van der Waals surface area (Å²) in [6.07, 6.45) is 2.85. The Labute approximate surface area is 86.6 Å². The molecule has 1 saturated heterocycles. The number of nitrogens with zero attached hydrogens (tertiary/aromatic N) is 1. The van der Waals surface area contributed by atoms with E-state index < -0.39 is 5.54 Å². The van der Waals surface area contributed by atoms with Gasteiger partial charge < -0.3 is 10.6 Å². The number of nitrogens with two attached hydrogens (primary N) is 1. The fraction of sp³-hybridized carbons (Fsp3) is 0.909. The van der Waals surface area contributed by atoms with Gasteiger partial charge in [0.05, 0.1) is 5.54 Å². The van der Waals surface area contributed by atoms with Gasteiger partial charge in [0.1, 0.15) is 0 Å². The predicted molar refractivity (Wildman–Crippen MR) is 57.9 cm³/mol. The molecule has 1 amide bonds. The van der Waals surface area contributed by atoms with Crippen molar-refractivity contribution >= 4 is 5.91 Å². The van der Waals surface area contributed by atoms with Gasteiger partial charge in [-0.3, -0.25) is 4.79 Å². The smallest absolute Gasteiger partial charge is 0.242 e. The molecule has 0 spiro atoms. The van der Waals surface area contributed by atoms with E-state index in [0.717, 1.165) is 32.4 Å². The van der Waals surface area contributed by atoms with E-state index in [0.29, 0.717) is 5.92 Å². The second-order valence-corrected chi connectivity index (χ2v) is 4.81. The van der Waals surface area contributed by atoms with E-state index in [9.17, 15) is 4.79 Å². The number of likely N-dealkylation sites (tertiary alicyclic amines) is 1. The van der Waals surface area contributed by atoms with Crippen molar-refractivity contribution < 1.29 is 4.79 Å². The molecule has 0 aromatic heterocycles. The number of carbonyl (C=O) groups excluding carboxylic acids is 1. The number of carbonyl (C=O) groups is 1. The summed E-state index contributed by atoms with van der Waals surface area (Å²) in [5.74, 6) is 0.764. The molecule has 0 aromatic carbocycles. The van der Waals surface area contributed by atoms with Crippen molar-refractivity contribution in [3.05, 3.63) is 0 Å². The van der Waals surface area contributed by atoms with Crippen molar-refractivity contribution in [2.24, 2.45) is 11.7 Å². The summed E-state index contributed by atoms with van der Waals surface area (Å²) in [7, 11) is 0. The van der Waals surface area contributed by atoms with Crippen molar-refractivity contribution in [3.8, 4) is 0 Å². The Balaban J connectivity index is 2.56. The van der Waals surface area contributed by atoms with Gasteiger partial charge >= 0.3 is 0 Å². The zero-order valence-electron chi connectivity index (χ0n) is 9.55. The summed E-state index contributed by atoms with van der Waals surface area (Å²) in [5, 5.41) is 0. The van der Waals surface area contributed by atoms with Crippen molar-refractivity contribution in [1.29, 1.82) is 0 Å². The molecule has 14 heavy (non-hydrogen) atoms. The summed E-state index contributed by atoms with van der Waals surface area (Å²) < 4.78 is 0. The van der Waals surface area contributed by atoms with Crippen molar-refractivity contribution in [2.45, 2.75) is 45.6 Å². The highest BCUT2D eigenvalue weighted by Gasteiger charge is 2.34. The molecule has 1 fully saturated rings. The van der Waals surface area contributed by atoms with Crippen LogP contribution in [0.1, 0.15) is 40.0 Å². The molecule has 3 nitrogen and oxygen atoms in total. The van der Waals surface area contributed by atoms with Crippen LogP contribution in [0.2, 0.25) is 0 Å². The van der Waals surface area contributed by atoms with Gasteiger partial charge in [0.2, 0.25) is 5.91 Å². The Bertz CT molecular complexity index is 213. The molecule has 1 aliphatic rings. The first-order chi connectivity index (χ1) is 6.47. The average Bonchev–Trinajstić information content (AvgIpc) is 2.50. The highest BCUT2D eigenvalue weighted by Crippen LogP contribution is 2.20. The number of hydrogen-bond acceptors (Lipinski definition) is 2. The second kappa shape index (κ2) is 4.30. The lowest BCUT2D eigenvalue weighted by atomic mass is 9.96. The average molecular weight is 198 g/mol. The second-order valence-electron chi connectivity index (χ2n) is 4.81. The minimum atomic E-state index is -0.654. The lowest BCUT2D eigenvalue weighted by molar-refractivity contribution is -0.135. The molecule has 1 heterocycles. The van der Waals surface area contributed by atoms with Crippen LogP contribution in [-0.2, 0) is 4.79 Å². The first kappa shape index (κ1) is 11.5. The van der Waals surface area contributed by atoms with E-state index in [2.05, 4.69) is 13.8 Å². The van der Waals surface area contributed by atoms with Crippen LogP contribution in [0, 0.1) is 5.92 Å². The van der Waals surface area contributed by atoms with E-state index in [1.54, 1.807) is 0 Å².